The van der Waals surface area contributed by atoms with Gasteiger partial charge in [-0.3, -0.25) is 0 Å². The van der Waals surface area contributed by atoms with Crippen molar-refractivity contribution in [2.75, 3.05) is 26.7 Å². The van der Waals surface area contributed by atoms with Crippen LogP contribution < -0.4 is 5.32 Å². The van der Waals surface area contributed by atoms with Crippen LogP contribution in [0.5, 0.6) is 0 Å². The number of hydrogen-bond acceptors (Lipinski definition) is 2. The summed E-state index contributed by atoms with van der Waals surface area (Å²) < 4.78 is 0. The Morgan fingerprint density at radius 3 is 2.88 bits per heavy atom. The number of rotatable bonds is 1. The van der Waals surface area contributed by atoms with E-state index < -0.39 is 0 Å². The Kier molecular flexibility index (Phi) is 3.17. The first-order valence-electron chi connectivity index (χ1n) is 6.84. The van der Waals surface area contributed by atoms with Crippen molar-refractivity contribution >= 4 is 0 Å². The fourth-order valence-electron chi connectivity index (χ4n) is 3.26. The Morgan fingerprint density at radius 1 is 1.24 bits per heavy atom. The molecule has 0 bridgehead atoms. The topological polar surface area (TPSA) is 15.3 Å². The van der Waals surface area contributed by atoms with Gasteiger partial charge in [-0.05, 0) is 62.0 Å². The number of fused-ring (bicyclic) bond motifs is 1. The highest BCUT2D eigenvalue weighted by Gasteiger charge is 2.22. The van der Waals surface area contributed by atoms with Crippen LogP contribution >= 0.6 is 0 Å². The molecule has 1 aromatic carbocycles. The molecule has 17 heavy (non-hydrogen) atoms. The Hall–Kier alpha value is -0.860. The molecule has 0 unspecified atom stereocenters. The SMILES string of the molecule is CN1CCc2cccc(C3CCNCC3)c2C1. The lowest BCUT2D eigenvalue weighted by Gasteiger charge is -2.31. The van der Waals surface area contributed by atoms with Crippen molar-refractivity contribution in [3.63, 3.8) is 0 Å². The van der Waals surface area contributed by atoms with Crippen molar-refractivity contribution < 1.29 is 0 Å². The molecule has 2 nitrogen and oxygen atoms in total. The van der Waals surface area contributed by atoms with Gasteiger partial charge in [0.15, 0.2) is 0 Å². The van der Waals surface area contributed by atoms with Crippen LogP contribution in [0.15, 0.2) is 18.2 Å². The highest BCUT2D eigenvalue weighted by atomic mass is 15.1. The molecule has 2 aliphatic rings. The van der Waals surface area contributed by atoms with Crippen molar-refractivity contribution in [2.45, 2.75) is 31.7 Å². The zero-order chi connectivity index (χ0) is 11.7. The van der Waals surface area contributed by atoms with E-state index in [1.54, 1.807) is 16.7 Å². The summed E-state index contributed by atoms with van der Waals surface area (Å²) in [6.45, 7) is 4.73. The monoisotopic (exact) mass is 230 g/mol. The molecule has 0 aromatic heterocycles. The molecule has 0 radical (unpaired) electrons. The van der Waals surface area contributed by atoms with E-state index in [-0.39, 0.29) is 0 Å². The molecule has 2 heterocycles. The van der Waals surface area contributed by atoms with Crippen LogP contribution in [0.3, 0.4) is 0 Å². The lowest BCUT2D eigenvalue weighted by Crippen LogP contribution is -2.30. The summed E-state index contributed by atoms with van der Waals surface area (Å²) >= 11 is 0. The third-order valence-corrected chi connectivity index (χ3v) is 4.28. The Bertz CT molecular complexity index is 394. The maximum atomic E-state index is 3.46. The number of likely N-dealkylation sites (N-methyl/N-ethyl adjacent to an activating group) is 1. The van der Waals surface area contributed by atoms with Crippen LogP contribution in [-0.4, -0.2) is 31.6 Å². The van der Waals surface area contributed by atoms with Gasteiger partial charge in [0.05, 0.1) is 0 Å². The number of nitrogens with zero attached hydrogens (tertiary/aromatic N) is 1. The lowest BCUT2D eigenvalue weighted by atomic mass is 9.83. The minimum atomic E-state index is 0.790. The highest BCUT2D eigenvalue weighted by Crippen LogP contribution is 2.32. The zero-order valence-electron chi connectivity index (χ0n) is 10.7. The predicted octanol–water partition coefficient (Wildman–Crippen LogP) is 2.14. The first-order valence-corrected chi connectivity index (χ1v) is 6.84. The summed E-state index contributed by atoms with van der Waals surface area (Å²) in [6.07, 6.45) is 3.84. The zero-order valence-corrected chi connectivity index (χ0v) is 10.7. The molecule has 1 aromatic rings. The molecule has 0 saturated carbocycles. The highest BCUT2D eigenvalue weighted by molar-refractivity contribution is 5.39. The number of nitrogens with one attached hydrogen (secondary N) is 1. The third kappa shape index (κ3) is 2.24. The molecule has 1 fully saturated rings. The second-order valence-corrected chi connectivity index (χ2v) is 5.50. The average molecular weight is 230 g/mol. The van der Waals surface area contributed by atoms with Gasteiger partial charge < -0.3 is 10.2 Å². The van der Waals surface area contributed by atoms with Gasteiger partial charge in [-0.2, -0.15) is 0 Å². The molecule has 0 atom stereocenters. The van der Waals surface area contributed by atoms with Gasteiger partial charge >= 0.3 is 0 Å². The van der Waals surface area contributed by atoms with Gasteiger partial charge in [-0.25, -0.2) is 0 Å². The summed E-state index contributed by atoms with van der Waals surface area (Å²) in [5.74, 6) is 0.790. The Labute approximate surface area is 104 Å². The Morgan fingerprint density at radius 2 is 2.06 bits per heavy atom. The summed E-state index contributed by atoms with van der Waals surface area (Å²) in [5, 5.41) is 3.46. The minimum absolute atomic E-state index is 0.790. The van der Waals surface area contributed by atoms with Crippen LogP contribution in [0.1, 0.15) is 35.4 Å². The number of hydrogen-bond donors (Lipinski definition) is 1. The molecule has 2 heteroatoms. The van der Waals surface area contributed by atoms with E-state index in [4.69, 9.17) is 0 Å². The van der Waals surface area contributed by atoms with E-state index in [2.05, 4.69) is 35.5 Å². The van der Waals surface area contributed by atoms with Gasteiger partial charge in [-0.15, -0.1) is 0 Å². The van der Waals surface area contributed by atoms with Crippen LogP contribution in [0, 0.1) is 0 Å². The van der Waals surface area contributed by atoms with E-state index in [9.17, 15) is 0 Å². The smallest absolute Gasteiger partial charge is 0.0236 e. The fraction of sp³-hybridized carbons (Fsp3) is 0.600. The molecule has 1 saturated heterocycles. The summed E-state index contributed by atoms with van der Waals surface area (Å²) in [4.78, 5) is 2.45. The summed E-state index contributed by atoms with van der Waals surface area (Å²) in [5.41, 5.74) is 4.86. The van der Waals surface area contributed by atoms with Gasteiger partial charge in [0.2, 0.25) is 0 Å². The molecule has 0 aliphatic carbocycles. The second-order valence-electron chi connectivity index (χ2n) is 5.50. The van der Waals surface area contributed by atoms with Crippen LogP contribution in [-0.2, 0) is 13.0 Å². The van der Waals surface area contributed by atoms with E-state index in [0.717, 1.165) is 12.5 Å². The predicted molar refractivity (Wildman–Crippen MR) is 71.3 cm³/mol. The first kappa shape index (κ1) is 11.2. The number of benzene rings is 1. The lowest BCUT2D eigenvalue weighted by molar-refractivity contribution is 0.309. The standard InChI is InChI=1S/C15H22N2/c1-17-10-7-12-3-2-4-14(15(12)11-17)13-5-8-16-9-6-13/h2-4,13,16H,5-11H2,1H3. The van der Waals surface area contributed by atoms with Crippen LogP contribution in [0.2, 0.25) is 0 Å². The molecule has 0 spiro atoms. The normalized spacial score (nSPS) is 22.4. The van der Waals surface area contributed by atoms with E-state index in [0.29, 0.717) is 0 Å². The van der Waals surface area contributed by atoms with Crippen molar-refractivity contribution in [1.29, 1.82) is 0 Å². The van der Waals surface area contributed by atoms with Crippen molar-refractivity contribution in [3.8, 4) is 0 Å². The largest absolute Gasteiger partial charge is 0.317 e. The molecule has 2 aliphatic heterocycles. The molecule has 92 valence electrons. The fourth-order valence-corrected chi connectivity index (χ4v) is 3.26. The van der Waals surface area contributed by atoms with E-state index in [1.807, 2.05) is 0 Å². The molecular weight excluding hydrogens is 208 g/mol. The van der Waals surface area contributed by atoms with Crippen LogP contribution in [0.4, 0.5) is 0 Å². The quantitative estimate of drug-likeness (QED) is 0.795. The molecule has 3 rings (SSSR count). The van der Waals surface area contributed by atoms with E-state index in [1.165, 1.54) is 38.9 Å². The van der Waals surface area contributed by atoms with Gasteiger partial charge in [-0.1, -0.05) is 18.2 Å². The molecular formula is C15H22N2. The molecule has 0 amide bonds. The molecule has 1 N–H and O–H groups in total. The second kappa shape index (κ2) is 4.79. The van der Waals surface area contributed by atoms with Gasteiger partial charge in [0.1, 0.15) is 0 Å². The van der Waals surface area contributed by atoms with E-state index >= 15 is 0 Å². The summed E-state index contributed by atoms with van der Waals surface area (Å²) in [7, 11) is 2.24. The van der Waals surface area contributed by atoms with Gasteiger partial charge in [0.25, 0.3) is 0 Å². The minimum Gasteiger partial charge on any atom is -0.317 e. The third-order valence-electron chi connectivity index (χ3n) is 4.28. The average Bonchev–Trinajstić information content (AvgIpc) is 2.39. The van der Waals surface area contributed by atoms with Crippen molar-refractivity contribution in [2.24, 2.45) is 0 Å². The Balaban J connectivity index is 1.93. The van der Waals surface area contributed by atoms with Gasteiger partial charge in [0, 0.05) is 13.1 Å². The summed E-state index contributed by atoms with van der Waals surface area (Å²) in [6, 6.07) is 6.96. The number of piperidine rings is 1. The van der Waals surface area contributed by atoms with Crippen molar-refractivity contribution in [3.05, 3.63) is 34.9 Å². The maximum absolute atomic E-state index is 3.46. The van der Waals surface area contributed by atoms with Crippen molar-refractivity contribution in [1.82, 2.24) is 10.2 Å². The van der Waals surface area contributed by atoms with Crippen LogP contribution in [0.25, 0.3) is 0 Å². The maximum Gasteiger partial charge on any atom is 0.0236 e. The first-order chi connectivity index (χ1) is 8.34.